The fourth-order valence-corrected chi connectivity index (χ4v) is 1.53. The number of benzene rings is 1. The Morgan fingerprint density at radius 1 is 1.38 bits per heavy atom. The molecule has 0 aliphatic rings. The van der Waals surface area contributed by atoms with Gasteiger partial charge >= 0.3 is 5.97 Å². The largest absolute Gasteiger partial charge is 0.508 e. The van der Waals surface area contributed by atoms with Gasteiger partial charge in [0, 0.05) is 6.54 Å². The predicted octanol–water partition coefficient (Wildman–Crippen LogP) is 0.442. The molecular formula is C11H15NO4. The standard InChI is InChI=1S/C11H15NO4/c1-12(6-7-13)10(11(15)16)8-2-4-9(14)5-3-8/h2-5,10,13-14H,6-7H2,1H3,(H,15,16). The molecule has 0 aliphatic heterocycles. The Hall–Kier alpha value is -1.59. The first kappa shape index (κ1) is 12.5. The van der Waals surface area contributed by atoms with Crippen molar-refractivity contribution < 1.29 is 20.1 Å². The second kappa shape index (κ2) is 5.48. The summed E-state index contributed by atoms with van der Waals surface area (Å²) in [4.78, 5) is 12.7. The number of carboxylic acids is 1. The van der Waals surface area contributed by atoms with Gasteiger partial charge in [0.2, 0.25) is 0 Å². The van der Waals surface area contributed by atoms with E-state index >= 15 is 0 Å². The molecule has 1 aromatic carbocycles. The van der Waals surface area contributed by atoms with E-state index in [0.29, 0.717) is 5.56 Å². The van der Waals surface area contributed by atoms with Gasteiger partial charge in [0.15, 0.2) is 0 Å². The smallest absolute Gasteiger partial charge is 0.325 e. The third kappa shape index (κ3) is 2.95. The summed E-state index contributed by atoms with van der Waals surface area (Å²) < 4.78 is 0. The molecule has 1 unspecified atom stereocenters. The number of aliphatic carboxylic acids is 1. The van der Waals surface area contributed by atoms with E-state index in [2.05, 4.69) is 0 Å². The Morgan fingerprint density at radius 2 is 1.94 bits per heavy atom. The summed E-state index contributed by atoms with van der Waals surface area (Å²) in [6.45, 7) is 0.177. The van der Waals surface area contributed by atoms with Crippen molar-refractivity contribution in [1.29, 1.82) is 0 Å². The Balaban J connectivity index is 2.93. The number of aromatic hydroxyl groups is 1. The number of aliphatic hydroxyl groups excluding tert-OH is 1. The quantitative estimate of drug-likeness (QED) is 0.677. The average Bonchev–Trinajstić information content (AvgIpc) is 2.21. The lowest BCUT2D eigenvalue weighted by atomic mass is 10.1. The molecule has 5 nitrogen and oxygen atoms in total. The SMILES string of the molecule is CN(CCO)C(C(=O)O)c1ccc(O)cc1. The van der Waals surface area contributed by atoms with Gasteiger partial charge in [-0.15, -0.1) is 0 Å². The van der Waals surface area contributed by atoms with Crippen LogP contribution in [-0.2, 0) is 4.79 Å². The van der Waals surface area contributed by atoms with Gasteiger partial charge < -0.3 is 15.3 Å². The molecule has 1 atom stereocenters. The number of phenolic OH excluding ortho intramolecular Hbond substituents is 1. The molecule has 0 aromatic heterocycles. The van der Waals surface area contributed by atoms with Crippen LogP contribution in [-0.4, -0.2) is 46.4 Å². The molecule has 0 heterocycles. The van der Waals surface area contributed by atoms with Crippen LogP contribution in [0.1, 0.15) is 11.6 Å². The van der Waals surface area contributed by atoms with E-state index in [1.807, 2.05) is 0 Å². The summed E-state index contributed by atoms with van der Waals surface area (Å²) >= 11 is 0. The molecule has 0 saturated carbocycles. The molecular weight excluding hydrogens is 210 g/mol. The van der Waals surface area contributed by atoms with Crippen LogP contribution in [0.5, 0.6) is 5.75 Å². The van der Waals surface area contributed by atoms with Crippen LogP contribution < -0.4 is 0 Å². The van der Waals surface area contributed by atoms with Gasteiger partial charge in [-0.25, -0.2) is 0 Å². The lowest BCUT2D eigenvalue weighted by Gasteiger charge is -2.24. The van der Waals surface area contributed by atoms with Crippen molar-refractivity contribution in [2.45, 2.75) is 6.04 Å². The zero-order valence-electron chi connectivity index (χ0n) is 9.00. The van der Waals surface area contributed by atoms with E-state index in [0.717, 1.165) is 0 Å². The number of aliphatic hydroxyl groups is 1. The summed E-state index contributed by atoms with van der Waals surface area (Å²) in [5.41, 5.74) is 0.571. The molecule has 0 radical (unpaired) electrons. The van der Waals surface area contributed by atoms with E-state index in [-0.39, 0.29) is 18.9 Å². The van der Waals surface area contributed by atoms with Gasteiger partial charge in [-0.3, -0.25) is 9.69 Å². The number of carbonyl (C=O) groups is 1. The molecule has 0 saturated heterocycles. The summed E-state index contributed by atoms with van der Waals surface area (Å²) in [5, 5.41) is 27.0. The van der Waals surface area contributed by atoms with Crippen LogP contribution in [0.3, 0.4) is 0 Å². The van der Waals surface area contributed by atoms with Crippen LogP contribution in [0, 0.1) is 0 Å². The minimum absolute atomic E-state index is 0.0951. The van der Waals surface area contributed by atoms with Crippen molar-refractivity contribution in [3.05, 3.63) is 29.8 Å². The van der Waals surface area contributed by atoms with E-state index < -0.39 is 12.0 Å². The molecule has 0 aliphatic carbocycles. The lowest BCUT2D eigenvalue weighted by molar-refractivity contribution is -0.143. The number of phenols is 1. The van der Waals surface area contributed by atoms with Crippen molar-refractivity contribution in [2.75, 3.05) is 20.2 Å². The third-order valence-electron chi connectivity index (χ3n) is 2.34. The molecule has 3 N–H and O–H groups in total. The fraction of sp³-hybridized carbons (Fsp3) is 0.364. The molecule has 0 spiro atoms. The normalized spacial score (nSPS) is 12.7. The number of nitrogens with zero attached hydrogens (tertiary/aromatic N) is 1. The Labute approximate surface area is 93.6 Å². The van der Waals surface area contributed by atoms with Gasteiger partial charge in [-0.05, 0) is 24.7 Å². The van der Waals surface area contributed by atoms with E-state index in [1.54, 1.807) is 19.2 Å². The summed E-state index contributed by atoms with van der Waals surface area (Å²) in [6.07, 6.45) is 0. The number of carboxylic acid groups (broad SMARTS) is 1. The number of likely N-dealkylation sites (N-methyl/N-ethyl adjacent to an activating group) is 1. The minimum atomic E-state index is -0.985. The van der Waals surface area contributed by atoms with Gasteiger partial charge in [-0.1, -0.05) is 12.1 Å². The Bertz CT molecular complexity index is 350. The van der Waals surface area contributed by atoms with Crippen molar-refractivity contribution in [3.8, 4) is 5.75 Å². The number of hydrogen-bond acceptors (Lipinski definition) is 4. The van der Waals surface area contributed by atoms with E-state index in [4.69, 9.17) is 15.3 Å². The van der Waals surface area contributed by atoms with Crippen LogP contribution in [0.4, 0.5) is 0 Å². The molecule has 1 aromatic rings. The highest BCUT2D eigenvalue weighted by molar-refractivity contribution is 5.75. The van der Waals surface area contributed by atoms with Gasteiger partial charge in [0.05, 0.1) is 6.61 Å². The predicted molar refractivity (Wildman–Crippen MR) is 58.2 cm³/mol. The van der Waals surface area contributed by atoms with Crippen LogP contribution in [0.25, 0.3) is 0 Å². The zero-order valence-corrected chi connectivity index (χ0v) is 9.00. The topological polar surface area (TPSA) is 81.0 Å². The maximum absolute atomic E-state index is 11.1. The first-order valence-corrected chi connectivity index (χ1v) is 4.89. The number of hydrogen-bond donors (Lipinski definition) is 3. The second-order valence-electron chi connectivity index (χ2n) is 3.54. The fourth-order valence-electron chi connectivity index (χ4n) is 1.53. The molecule has 16 heavy (non-hydrogen) atoms. The highest BCUT2D eigenvalue weighted by atomic mass is 16.4. The highest BCUT2D eigenvalue weighted by Gasteiger charge is 2.23. The van der Waals surface area contributed by atoms with Crippen LogP contribution in [0.2, 0.25) is 0 Å². The minimum Gasteiger partial charge on any atom is -0.508 e. The van der Waals surface area contributed by atoms with Crippen molar-refractivity contribution in [1.82, 2.24) is 4.90 Å². The maximum atomic E-state index is 11.1. The van der Waals surface area contributed by atoms with E-state index in [9.17, 15) is 4.79 Å². The number of rotatable bonds is 5. The van der Waals surface area contributed by atoms with Crippen molar-refractivity contribution in [2.24, 2.45) is 0 Å². The Kier molecular flexibility index (Phi) is 4.28. The molecule has 1 rings (SSSR count). The summed E-state index contributed by atoms with van der Waals surface area (Å²) in [6, 6.07) is 5.19. The molecule has 0 amide bonds. The van der Waals surface area contributed by atoms with Gasteiger partial charge in [0.25, 0.3) is 0 Å². The monoisotopic (exact) mass is 225 g/mol. The van der Waals surface area contributed by atoms with Crippen LogP contribution in [0.15, 0.2) is 24.3 Å². The summed E-state index contributed by atoms with van der Waals surface area (Å²) in [5.74, 6) is -0.890. The maximum Gasteiger partial charge on any atom is 0.325 e. The first-order chi connectivity index (χ1) is 7.56. The van der Waals surface area contributed by atoms with Crippen LogP contribution >= 0.6 is 0 Å². The molecule has 88 valence electrons. The molecule has 0 bridgehead atoms. The average molecular weight is 225 g/mol. The first-order valence-electron chi connectivity index (χ1n) is 4.89. The lowest BCUT2D eigenvalue weighted by Crippen LogP contribution is -2.32. The van der Waals surface area contributed by atoms with E-state index in [1.165, 1.54) is 17.0 Å². The third-order valence-corrected chi connectivity index (χ3v) is 2.34. The van der Waals surface area contributed by atoms with Gasteiger partial charge in [0.1, 0.15) is 11.8 Å². The zero-order chi connectivity index (χ0) is 12.1. The molecule has 5 heteroatoms. The van der Waals surface area contributed by atoms with Crippen molar-refractivity contribution >= 4 is 5.97 Å². The summed E-state index contributed by atoms with van der Waals surface area (Å²) in [7, 11) is 1.63. The molecule has 0 fully saturated rings. The van der Waals surface area contributed by atoms with Crippen molar-refractivity contribution in [3.63, 3.8) is 0 Å². The van der Waals surface area contributed by atoms with Gasteiger partial charge in [-0.2, -0.15) is 0 Å². The second-order valence-corrected chi connectivity index (χ2v) is 3.54. The highest BCUT2D eigenvalue weighted by Crippen LogP contribution is 2.21. The Morgan fingerprint density at radius 3 is 2.38 bits per heavy atom.